The summed E-state index contributed by atoms with van der Waals surface area (Å²) in [6, 6.07) is 11.5. The van der Waals surface area contributed by atoms with Gasteiger partial charge in [-0.05, 0) is 48.4 Å². The number of nitrogens with zero attached hydrogens (tertiary/aromatic N) is 3. The fourth-order valence-corrected chi connectivity index (χ4v) is 2.26. The predicted octanol–water partition coefficient (Wildman–Crippen LogP) is 3.49. The summed E-state index contributed by atoms with van der Waals surface area (Å²) in [4.78, 5) is 13.1. The number of aromatic nitrogens is 3. The number of hydrogen-bond donors (Lipinski definition) is 1. The maximum absolute atomic E-state index is 5.87. The summed E-state index contributed by atoms with van der Waals surface area (Å²) in [5, 5.41) is 0. The average molecular weight is 288 g/mol. The van der Waals surface area contributed by atoms with E-state index < -0.39 is 0 Å². The standard InChI is InChI=1S/C18H16N4/c1-12-5-6-15(19)10-16(12)13(2)18-21-9-7-17(22-18)14-4-3-8-20-11-14/h3-11H,2,19H2,1H3. The maximum atomic E-state index is 5.87. The van der Waals surface area contributed by atoms with E-state index in [-0.39, 0.29) is 0 Å². The summed E-state index contributed by atoms with van der Waals surface area (Å²) in [6.45, 7) is 6.15. The lowest BCUT2D eigenvalue weighted by Crippen LogP contribution is -1.99. The van der Waals surface area contributed by atoms with Crippen LogP contribution in [0.25, 0.3) is 16.8 Å². The highest BCUT2D eigenvalue weighted by atomic mass is 14.9. The molecule has 1 aromatic carbocycles. The van der Waals surface area contributed by atoms with Crippen LogP contribution in [0.3, 0.4) is 0 Å². The van der Waals surface area contributed by atoms with E-state index in [9.17, 15) is 0 Å². The molecule has 22 heavy (non-hydrogen) atoms. The molecule has 0 aliphatic rings. The minimum absolute atomic E-state index is 0.593. The quantitative estimate of drug-likeness (QED) is 0.749. The highest BCUT2D eigenvalue weighted by Crippen LogP contribution is 2.25. The van der Waals surface area contributed by atoms with Crippen LogP contribution in [-0.4, -0.2) is 15.0 Å². The van der Waals surface area contributed by atoms with Crippen LogP contribution in [0.1, 0.15) is 17.0 Å². The first-order chi connectivity index (χ1) is 10.6. The van der Waals surface area contributed by atoms with Crippen molar-refractivity contribution in [1.29, 1.82) is 0 Å². The fourth-order valence-electron chi connectivity index (χ4n) is 2.26. The molecule has 3 rings (SSSR count). The number of hydrogen-bond acceptors (Lipinski definition) is 4. The van der Waals surface area contributed by atoms with Gasteiger partial charge in [-0.3, -0.25) is 4.98 Å². The van der Waals surface area contributed by atoms with Crippen LogP contribution in [0, 0.1) is 6.92 Å². The second-order valence-electron chi connectivity index (χ2n) is 5.06. The lowest BCUT2D eigenvalue weighted by atomic mass is 10.0. The minimum atomic E-state index is 0.593. The van der Waals surface area contributed by atoms with Crippen molar-refractivity contribution in [3.05, 3.63) is 78.5 Å². The summed E-state index contributed by atoms with van der Waals surface area (Å²) in [5.41, 5.74) is 11.2. The molecule has 0 aliphatic carbocycles. The first-order valence-electron chi connectivity index (χ1n) is 6.94. The third kappa shape index (κ3) is 2.72. The van der Waals surface area contributed by atoms with Gasteiger partial charge < -0.3 is 5.73 Å². The second kappa shape index (κ2) is 5.77. The Hall–Kier alpha value is -3.01. The summed E-state index contributed by atoms with van der Waals surface area (Å²) >= 11 is 0. The van der Waals surface area contributed by atoms with Gasteiger partial charge in [-0.15, -0.1) is 0 Å². The zero-order chi connectivity index (χ0) is 15.5. The molecule has 3 aromatic rings. The van der Waals surface area contributed by atoms with Crippen molar-refractivity contribution >= 4 is 11.3 Å². The number of rotatable bonds is 3. The van der Waals surface area contributed by atoms with Gasteiger partial charge in [0.15, 0.2) is 5.82 Å². The molecule has 0 radical (unpaired) electrons. The van der Waals surface area contributed by atoms with E-state index in [1.807, 2.05) is 43.3 Å². The lowest BCUT2D eigenvalue weighted by molar-refractivity contribution is 1.12. The maximum Gasteiger partial charge on any atom is 0.159 e. The molecule has 4 heteroatoms. The Morgan fingerprint density at radius 3 is 2.77 bits per heavy atom. The van der Waals surface area contributed by atoms with Gasteiger partial charge in [0, 0.05) is 35.4 Å². The first-order valence-corrected chi connectivity index (χ1v) is 6.94. The molecule has 0 bridgehead atoms. The summed E-state index contributed by atoms with van der Waals surface area (Å²) in [6.07, 6.45) is 5.25. The van der Waals surface area contributed by atoms with Crippen LogP contribution in [-0.2, 0) is 0 Å². The molecule has 0 saturated heterocycles. The third-order valence-corrected chi connectivity index (χ3v) is 3.47. The van der Waals surface area contributed by atoms with E-state index in [1.165, 1.54) is 0 Å². The molecule has 4 nitrogen and oxygen atoms in total. The molecular weight excluding hydrogens is 272 g/mol. The van der Waals surface area contributed by atoms with Crippen LogP contribution in [0.2, 0.25) is 0 Å². The van der Waals surface area contributed by atoms with Crippen LogP contribution < -0.4 is 5.73 Å². The van der Waals surface area contributed by atoms with Gasteiger partial charge in [0.2, 0.25) is 0 Å². The molecule has 2 heterocycles. The van der Waals surface area contributed by atoms with Crippen LogP contribution in [0.4, 0.5) is 5.69 Å². The number of aryl methyl sites for hydroxylation is 1. The predicted molar refractivity (Wildman–Crippen MR) is 89.0 cm³/mol. The van der Waals surface area contributed by atoms with Gasteiger partial charge in [0.1, 0.15) is 0 Å². The van der Waals surface area contributed by atoms with E-state index in [0.29, 0.717) is 11.5 Å². The van der Waals surface area contributed by atoms with Crippen LogP contribution in [0.5, 0.6) is 0 Å². The zero-order valence-corrected chi connectivity index (χ0v) is 12.3. The van der Waals surface area contributed by atoms with Crippen molar-refractivity contribution in [1.82, 2.24) is 15.0 Å². The SMILES string of the molecule is C=C(c1nccc(-c2cccnc2)n1)c1cc(N)ccc1C. The Bertz CT molecular complexity index is 826. The fraction of sp³-hybridized carbons (Fsp3) is 0.0556. The van der Waals surface area contributed by atoms with Crippen LogP contribution in [0.15, 0.2) is 61.6 Å². The minimum Gasteiger partial charge on any atom is -0.399 e. The highest BCUT2D eigenvalue weighted by Gasteiger charge is 2.10. The van der Waals surface area contributed by atoms with Gasteiger partial charge in [-0.25, -0.2) is 9.97 Å². The van der Waals surface area contributed by atoms with Gasteiger partial charge in [-0.1, -0.05) is 12.6 Å². The molecule has 0 fully saturated rings. The smallest absolute Gasteiger partial charge is 0.159 e. The first kappa shape index (κ1) is 13.9. The Balaban J connectivity index is 2.02. The van der Waals surface area contributed by atoms with Crippen molar-refractivity contribution in [2.75, 3.05) is 5.73 Å². The molecule has 0 atom stereocenters. The number of nitrogens with two attached hydrogens (primary N) is 1. The number of pyridine rings is 1. The van der Waals surface area contributed by atoms with Crippen molar-refractivity contribution in [2.24, 2.45) is 0 Å². The number of benzene rings is 1. The average Bonchev–Trinajstić information content (AvgIpc) is 2.57. The van der Waals surface area contributed by atoms with Crippen LogP contribution >= 0.6 is 0 Å². The van der Waals surface area contributed by atoms with E-state index in [1.54, 1.807) is 18.6 Å². The van der Waals surface area contributed by atoms with E-state index in [0.717, 1.165) is 28.0 Å². The summed E-state index contributed by atoms with van der Waals surface area (Å²) < 4.78 is 0. The van der Waals surface area contributed by atoms with E-state index >= 15 is 0 Å². The Morgan fingerprint density at radius 2 is 2.00 bits per heavy atom. The highest BCUT2D eigenvalue weighted by molar-refractivity contribution is 5.78. The van der Waals surface area contributed by atoms with Crippen molar-refractivity contribution < 1.29 is 0 Å². The number of nitrogen functional groups attached to an aromatic ring is 1. The normalized spacial score (nSPS) is 10.4. The van der Waals surface area contributed by atoms with E-state index in [2.05, 4.69) is 21.5 Å². The summed E-state index contributed by atoms with van der Waals surface area (Å²) in [7, 11) is 0. The number of anilines is 1. The van der Waals surface area contributed by atoms with Crippen molar-refractivity contribution in [3.63, 3.8) is 0 Å². The Labute approximate surface area is 129 Å². The lowest BCUT2D eigenvalue weighted by Gasteiger charge is -2.10. The molecule has 2 N–H and O–H groups in total. The third-order valence-electron chi connectivity index (χ3n) is 3.47. The van der Waals surface area contributed by atoms with Gasteiger partial charge in [0.05, 0.1) is 5.69 Å². The molecule has 2 aromatic heterocycles. The monoisotopic (exact) mass is 288 g/mol. The molecular formula is C18H16N4. The van der Waals surface area contributed by atoms with E-state index in [4.69, 9.17) is 5.73 Å². The van der Waals surface area contributed by atoms with Gasteiger partial charge in [0.25, 0.3) is 0 Å². The Kier molecular flexibility index (Phi) is 3.66. The second-order valence-corrected chi connectivity index (χ2v) is 5.06. The molecule has 0 saturated carbocycles. The molecule has 0 unspecified atom stereocenters. The Morgan fingerprint density at radius 1 is 1.14 bits per heavy atom. The molecule has 0 aliphatic heterocycles. The van der Waals surface area contributed by atoms with Crippen molar-refractivity contribution in [2.45, 2.75) is 6.92 Å². The van der Waals surface area contributed by atoms with Gasteiger partial charge >= 0.3 is 0 Å². The molecule has 0 spiro atoms. The summed E-state index contributed by atoms with van der Waals surface area (Å²) in [5.74, 6) is 0.593. The zero-order valence-electron chi connectivity index (χ0n) is 12.3. The van der Waals surface area contributed by atoms with Crippen molar-refractivity contribution in [3.8, 4) is 11.3 Å². The topological polar surface area (TPSA) is 64.7 Å². The largest absolute Gasteiger partial charge is 0.399 e. The molecule has 108 valence electrons. The molecule has 0 amide bonds. The van der Waals surface area contributed by atoms with Gasteiger partial charge in [-0.2, -0.15) is 0 Å².